The Bertz CT molecular complexity index is 1280. The van der Waals surface area contributed by atoms with Crippen LogP contribution in [0.4, 0.5) is 0 Å². The van der Waals surface area contributed by atoms with Gasteiger partial charge in [-0.15, -0.1) is 0 Å². The molecule has 4 rings (SSSR count). The van der Waals surface area contributed by atoms with Gasteiger partial charge in [-0.25, -0.2) is 0 Å². The number of aliphatic hydroxyl groups excluding tert-OH is 4. The van der Waals surface area contributed by atoms with Gasteiger partial charge in [-0.05, 0) is 18.2 Å². The Kier molecular flexibility index (Phi) is 5.56. The van der Waals surface area contributed by atoms with Gasteiger partial charge in [0.25, 0.3) is 0 Å². The molecule has 3 aromatic rings. The van der Waals surface area contributed by atoms with Crippen molar-refractivity contribution in [2.45, 2.75) is 30.5 Å². The van der Waals surface area contributed by atoms with Crippen molar-refractivity contribution in [3.8, 4) is 40.1 Å². The zero-order valence-corrected chi connectivity index (χ0v) is 16.7. The van der Waals surface area contributed by atoms with E-state index in [2.05, 4.69) is 0 Å². The summed E-state index contributed by atoms with van der Waals surface area (Å²) in [5.41, 5.74) is -2.06. The van der Waals surface area contributed by atoms with Crippen LogP contribution in [0.25, 0.3) is 22.3 Å². The second-order valence-electron chi connectivity index (χ2n) is 7.59. The lowest BCUT2D eigenvalue weighted by Gasteiger charge is -2.40. The lowest BCUT2D eigenvalue weighted by atomic mass is 9.89. The van der Waals surface area contributed by atoms with Crippen molar-refractivity contribution in [3.05, 3.63) is 40.1 Å². The maximum atomic E-state index is 12.9. The highest BCUT2D eigenvalue weighted by Crippen LogP contribution is 2.45. The third kappa shape index (κ3) is 3.50. The number of aliphatic hydroxyl groups is 4. The molecule has 0 aliphatic carbocycles. The smallest absolute Gasteiger partial charge is 0.238 e. The number of phenols is 4. The van der Waals surface area contributed by atoms with E-state index in [1.54, 1.807) is 0 Å². The average Bonchev–Trinajstić information content (AvgIpc) is 2.77. The highest BCUT2D eigenvalue weighted by Gasteiger charge is 2.46. The Morgan fingerprint density at radius 3 is 2.15 bits per heavy atom. The molecule has 5 atom stereocenters. The average molecular weight is 464 g/mol. The molecule has 12 nitrogen and oxygen atoms in total. The molecular formula is C21H20O12. The lowest BCUT2D eigenvalue weighted by molar-refractivity contribution is -0.232. The van der Waals surface area contributed by atoms with Gasteiger partial charge in [0.15, 0.2) is 17.3 Å². The van der Waals surface area contributed by atoms with Gasteiger partial charge in [0.2, 0.25) is 11.2 Å². The summed E-state index contributed by atoms with van der Waals surface area (Å²) >= 11 is 0. The predicted molar refractivity (Wildman–Crippen MR) is 109 cm³/mol. The zero-order chi connectivity index (χ0) is 24.2. The predicted octanol–water partition coefficient (Wildman–Crippen LogP) is -0.497. The first-order chi connectivity index (χ1) is 15.6. The first kappa shape index (κ1) is 22.6. The van der Waals surface area contributed by atoms with Crippen molar-refractivity contribution in [2.75, 3.05) is 6.61 Å². The fraction of sp³-hybridized carbons (Fsp3) is 0.286. The lowest BCUT2D eigenvalue weighted by Crippen LogP contribution is -2.55. The molecule has 1 aromatic heterocycles. The highest BCUT2D eigenvalue weighted by atomic mass is 16.5. The Morgan fingerprint density at radius 2 is 1.52 bits per heavy atom. The number of phenolic OH excluding ortho intramolecular Hbond substituents is 4. The minimum Gasteiger partial charge on any atom is -0.507 e. The van der Waals surface area contributed by atoms with Crippen molar-refractivity contribution in [3.63, 3.8) is 0 Å². The van der Waals surface area contributed by atoms with Crippen LogP contribution in [0, 0.1) is 0 Å². The molecular weight excluding hydrogens is 444 g/mol. The Morgan fingerprint density at radius 1 is 0.818 bits per heavy atom. The molecule has 2 aromatic carbocycles. The van der Waals surface area contributed by atoms with Crippen LogP contribution < -0.4 is 5.43 Å². The molecule has 0 amide bonds. The summed E-state index contributed by atoms with van der Waals surface area (Å²) in [7, 11) is 0. The van der Waals surface area contributed by atoms with E-state index in [4.69, 9.17) is 9.15 Å². The van der Waals surface area contributed by atoms with Gasteiger partial charge in [0.05, 0.1) is 12.2 Å². The van der Waals surface area contributed by atoms with Crippen LogP contribution in [-0.2, 0) is 4.74 Å². The van der Waals surface area contributed by atoms with Gasteiger partial charge in [-0.3, -0.25) is 4.79 Å². The van der Waals surface area contributed by atoms with Crippen LogP contribution in [0.3, 0.4) is 0 Å². The van der Waals surface area contributed by atoms with Gasteiger partial charge >= 0.3 is 0 Å². The number of hydrogen-bond donors (Lipinski definition) is 9. The van der Waals surface area contributed by atoms with Gasteiger partial charge in [0.1, 0.15) is 53.0 Å². The van der Waals surface area contributed by atoms with Crippen molar-refractivity contribution < 1.29 is 55.1 Å². The van der Waals surface area contributed by atoms with E-state index in [1.807, 2.05) is 0 Å². The van der Waals surface area contributed by atoms with Crippen LogP contribution in [0.5, 0.6) is 28.7 Å². The Hall–Kier alpha value is -3.55. The van der Waals surface area contributed by atoms with E-state index in [9.17, 15) is 50.8 Å². The van der Waals surface area contributed by atoms with Gasteiger partial charge in [0, 0.05) is 11.6 Å². The number of hydrogen-bond acceptors (Lipinski definition) is 12. The molecule has 0 saturated carbocycles. The molecule has 33 heavy (non-hydrogen) atoms. The molecule has 9 N–H and O–H groups in total. The fourth-order valence-corrected chi connectivity index (χ4v) is 3.81. The van der Waals surface area contributed by atoms with Crippen LogP contribution in [0.2, 0.25) is 0 Å². The number of aromatic hydroxyl groups is 5. The first-order valence-electron chi connectivity index (χ1n) is 9.64. The van der Waals surface area contributed by atoms with Crippen molar-refractivity contribution in [1.29, 1.82) is 0 Å². The van der Waals surface area contributed by atoms with E-state index < -0.39 is 88.0 Å². The molecule has 1 aliphatic heterocycles. The summed E-state index contributed by atoms with van der Waals surface area (Å²) in [5.74, 6) is -4.06. The topological polar surface area (TPSA) is 222 Å². The van der Waals surface area contributed by atoms with Crippen LogP contribution in [0.15, 0.2) is 33.5 Å². The molecule has 1 aliphatic rings. The van der Waals surface area contributed by atoms with E-state index in [-0.39, 0.29) is 11.1 Å². The summed E-state index contributed by atoms with van der Waals surface area (Å²) < 4.78 is 10.8. The number of benzene rings is 2. The standard InChI is InChI=1S/C21H20O12/c22-5-11-14(26)17(29)19(31)21(33-11)12-9(25)4-10-13(15(12)27)16(28)18(30)20(32-10)6-1-2-7(23)8(24)3-6/h1-4,11,14,17,19,21-27,29-31H,5H2/t11-,14-,17+,19-,21+/m0/s1. The fourth-order valence-electron chi connectivity index (χ4n) is 3.81. The molecule has 0 bridgehead atoms. The van der Waals surface area contributed by atoms with Gasteiger partial charge in [-0.1, -0.05) is 0 Å². The van der Waals surface area contributed by atoms with Crippen LogP contribution in [0.1, 0.15) is 11.7 Å². The molecule has 12 heteroatoms. The van der Waals surface area contributed by atoms with Crippen molar-refractivity contribution >= 4 is 11.0 Å². The third-order valence-corrected chi connectivity index (χ3v) is 5.57. The van der Waals surface area contributed by atoms with Gasteiger partial charge in [-0.2, -0.15) is 0 Å². The molecule has 1 fully saturated rings. The monoisotopic (exact) mass is 464 g/mol. The SMILES string of the molecule is O=c1c(O)c(-c2ccc(O)c(O)c2)oc2cc(O)c([C@H]3O[C@@H](CO)[C@H](O)[C@@H](O)[C@@H]3O)c(O)c12. The maximum absolute atomic E-state index is 12.9. The minimum atomic E-state index is -1.86. The van der Waals surface area contributed by atoms with Crippen LogP contribution >= 0.6 is 0 Å². The molecule has 0 unspecified atom stereocenters. The molecule has 176 valence electrons. The highest BCUT2D eigenvalue weighted by molar-refractivity contribution is 5.90. The molecule has 0 radical (unpaired) electrons. The summed E-state index contributed by atoms with van der Waals surface area (Å²) in [6.45, 7) is -0.762. The number of fused-ring (bicyclic) bond motifs is 1. The second kappa shape index (κ2) is 8.10. The van der Waals surface area contributed by atoms with Crippen molar-refractivity contribution in [1.82, 2.24) is 0 Å². The first-order valence-corrected chi connectivity index (χ1v) is 9.64. The van der Waals surface area contributed by atoms with E-state index in [0.717, 1.165) is 18.2 Å². The molecule has 1 saturated heterocycles. The van der Waals surface area contributed by atoms with Gasteiger partial charge < -0.3 is 55.1 Å². The van der Waals surface area contributed by atoms with E-state index in [1.165, 1.54) is 6.07 Å². The Labute approximate surface area is 184 Å². The summed E-state index contributed by atoms with van der Waals surface area (Å²) in [4.78, 5) is 12.9. The summed E-state index contributed by atoms with van der Waals surface area (Å²) in [5, 5.41) is 89.9. The summed E-state index contributed by atoms with van der Waals surface area (Å²) in [6, 6.07) is 4.24. The number of ether oxygens (including phenoxy) is 1. The third-order valence-electron chi connectivity index (χ3n) is 5.57. The number of rotatable bonds is 3. The van der Waals surface area contributed by atoms with Crippen LogP contribution in [-0.4, -0.2) is 77.0 Å². The van der Waals surface area contributed by atoms with E-state index in [0.29, 0.717) is 0 Å². The summed E-state index contributed by atoms with van der Waals surface area (Å²) in [6.07, 6.45) is -8.39. The quantitative estimate of drug-likeness (QED) is 0.224. The molecule has 0 spiro atoms. The minimum absolute atomic E-state index is 0.00112. The van der Waals surface area contributed by atoms with Crippen molar-refractivity contribution in [2.24, 2.45) is 0 Å². The van der Waals surface area contributed by atoms with E-state index >= 15 is 0 Å². The maximum Gasteiger partial charge on any atom is 0.238 e. The largest absolute Gasteiger partial charge is 0.507 e. The second-order valence-corrected chi connectivity index (χ2v) is 7.59. The molecule has 2 heterocycles. The normalized spacial score (nSPS) is 25.4. The zero-order valence-electron chi connectivity index (χ0n) is 16.7. The Balaban J connectivity index is 1.91.